The Balaban J connectivity index is 2.38. The van der Waals surface area contributed by atoms with Crippen molar-refractivity contribution in [3.05, 3.63) is 54.7 Å². The lowest BCUT2D eigenvalue weighted by atomic mass is 10.1. The van der Waals surface area contributed by atoms with Crippen LogP contribution in [0, 0.1) is 6.07 Å². The van der Waals surface area contributed by atoms with Crippen LogP contribution in [0.5, 0.6) is 0 Å². The quantitative estimate of drug-likeness (QED) is 0.478. The van der Waals surface area contributed by atoms with Crippen molar-refractivity contribution < 1.29 is 0 Å². The normalized spacial score (nSPS) is 11.5. The second-order valence-corrected chi connectivity index (χ2v) is 4.14. The predicted octanol–water partition coefficient (Wildman–Crippen LogP) is 3.67. The van der Waals surface area contributed by atoms with E-state index in [2.05, 4.69) is 34.2 Å². The zero-order chi connectivity index (χ0) is 11.2. The van der Waals surface area contributed by atoms with E-state index >= 15 is 0 Å². The third-order valence-electron chi connectivity index (χ3n) is 3.15. The molecule has 2 heterocycles. The van der Waals surface area contributed by atoms with Crippen molar-refractivity contribution in [2.24, 2.45) is 0 Å². The molecule has 0 aliphatic rings. The number of H-pyrrole nitrogens is 1. The summed E-state index contributed by atoms with van der Waals surface area (Å²) in [7, 11) is 0. The smallest absolute Gasteiger partial charge is 0.0803 e. The number of aromatic nitrogens is 2. The summed E-state index contributed by atoms with van der Waals surface area (Å²) in [4.78, 5) is 7.83. The Morgan fingerprint density at radius 1 is 1.00 bits per heavy atom. The summed E-state index contributed by atoms with van der Waals surface area (Å²) in [6.07, 6.45) is 1.93. The summed E-state index contributed by atoms with van der Waals surface area (Å²) in [5.74, 6) is 0. The monoisotopic (exact) mass is 217 g/mol. The van der Waals surface area contributed by atoms with Gasteiger partial charge in [-0.05, 0) is 18.2 Å². The highest BCUT2D eigenvalue weighted by atomic mass is 14.7. The van der Waals surface area contributed by atoms with E-state index in [-0.39, 0.29) is 0 Å². The Hall–Kier alpha value is -2.35. The molecule has 0 aliphatic heterocycles. The number of pyridine rings is 1. The summed E-state index contributed by atoms with van der Waals surface area (Å²) in [5, 5.41) is 3.59. The minimum absolute atomic E-state index is 0.943. The molecule has 2 nitrogen and oxygen atoms in total. The molecule has 0 atom stereocenters. The minimum Gasteiger partial charge on any atom is -0.361 e. The molecule has 2 heteroatoms. The number of aromatic amines is 1. The van der Waals surface area contributed by atoms with Crippen LogP contribution in [0.2, 0.25) is 0 Å². The number of hydrogen-bond donors (Lipinski definition) is 1. The number of nitrogens with one attached hydrogen (secondary N) is 1. The molecule has 4 aromatic rings. The number of para-hydroxylation sites is 1. The molecule has 0 bridgehead atoms. The molecule has 79 valence electrons. The fourth-order valence-corrected chi connectivity index (χ4v) is 2.39. The number of hydrogen-bond acceptors (Lipinski definition) is 1. The molecule has 0 amide bonds. The highest BCUT2D eigenvalue weighted by Crippen LogP contribution is 2.30. The fraction of sp³-hybridized carbons (Fsp3) is 0. The van der Waals surface area contributed by atoms with Crippen LogP contribution in [0.3, 0.4) is 0 Å². The van der Waals surface area contributed by atoms with Crippen LogP contribution in [0.25, 0.3) is 32.7 Å². The largest absolute Gasteiger partial charge is 0.361 e. The van der Waals surface area contributed by atoms with E-state index in [1.165, 1.54) is 16.2 Å². The second-order valence-electron chi connectivity index (χ2n) is 4.14. The van der Waals surface area contributed by atoms with Gasteiger partial charge in [-0.15, -0.1) is 0 Å². The van der Waals surface area contributed by atoms with Gasteiger partial charge in [-0.1, -0.05) is 24.3 Å². The first-order valence-corrected chi connectivity index (χ1v) is 5.60. The molecule has 0 aliphatic carbocycles. The van der Waals surface area contributed by atoms with E-state index in [0.717, 1.165) is 16.6 Å². The van der Waals surface area contributed by atoms with Crippen LogP contribution in [0.15, 0.2) is 48.7 Å². The van der Waals surface area contributed by atoms with Crippen molar-refractivity contribution in [2.45, 2.75) is 0 Å². The Kier molecular flexibility index (Phi) is 1.59. The first-order valence-electron chi connectivity index (χ1n) is 5.60. The van der Waals surface area contributed by atoms with Crippen LogP contribution in [-0.4, -0.2) is 9.97 Å². The van der Waals surface area contributed by atoms with E-state index in [0.29, 0.717) is 0 Å². The zero-order valence-electron chi connectivity index (χ0n) is 9.07. The Labute approximate surface area is 97.9 Å². The fourth-order valence-electron chi connectivity index (χ4n) is 2.39. The van der Waals surface area contributed by atoms with Crippen LogP contribution in [0.4, 0.5) is 0 Å². The summed E-state index contributed by atoms with van der Waals surface area (Å²) in [6.45, 7) is 0. The first kappa shape index (κ1) is 8.76. The van der Waals surface area contributed by atoms with Crippen molar-refractivity contribution in [2.75, 3.05) is 0 Å². The van der Waals surface area contributed by atoms with E-state index in [1.807, 2.05) is 30.5 Å². The van der Waals surface area contributed by atoms with Crippen molar-refractivity contribution in [1.29, 1.82) is 0 Å². The standard InChI is InChI=1S/C15H9N2/c1-2-6-13-11(4-1)15-10-5-3-9-16-12(10)7-8-14(15)17-13/h1-7,9,16H. The van der Waals surface area contributed by atoms with Crippen LogP contribution in [-0.2, 0) is 0 Å². The molecule has 0 saturated carbocycles. The lowest BCUT2D eigenvalue weighted by Gasteiger charge is -1.99. The third-order valence-corrected chi connectivity index (χ3v) is 3.15. The van der Waals surface area contributed by atoms with Gasteiger partial charge in [0, 0.05) is 33.9 Å². The van der Waals surface area contributed by atoms with Gasteiger partial charge >= 0.3 is 0 Å². The van der Waals surface area contributed by atoms with Gasteiger partial charge in [0.1, 0.15) is 0 Å². The van der Waals surface area contributed by atoms with Crippen molar-refractivity contribution in [1.82, 2.24) is 9.97 Å². The second kappa shape index (κ2) is 3.08. The zero-order valence-corrected chi connectivity index (χ0v) is 9.07. The van der Waals surface area contributed by atoms with Crippen LogP contribution in [0.1, 0.15) is 0 Å². The minimum atomic E-state index is 0.943. The highest BCUT2D eigenvalue weighted by molar-refractivity contribution is 6.19. The molecule has 2 aromatic heterocycles. The summed E-state index contributed by atoms with van der Waals surface area (Å²) in [5.41, 5.74) is 3.08. The molecule has 0 spiro atoms. The lowest BCUT2D eigenvalue weighted by molar-refractivity contribution is 1.42. The predicted molar refractivity (Wildman–Crippen MR) is 69.9 cm³/mol. The Bertz CT molecular complexity index is 837. The van der Waals surface area contributed by atoms with E-state index in [1.54, 1.807) is 0 Å². The van der Waals surface area contributed by atoms with Gasteiger partial charge in [-0.2, -0.15) is 0 Å². The average Bonchev–Trinajstić information content (AvgIpc) is 2.77. The Morgan fingerprint density at radius 2 is 1.88 bits per heavy atom. The van der Waals surface area contributed by atoms with Crippen molar-refractivity contribution >= 4 is 32.7 Å². The molecular weight excluding hydrogens is 208 g/mol. The number of benzene rings is 2. The van der Waals surface area contributed by atoms with Gasteiger partial charge in [0.05, 0.1) is 11.0 Å². The molecule has 4 rings (SSSR count). The number of rotatable bonds is 0. The third kappa shape index (κ3) is 1.12. The summed E-state index contributed by atoms with van der Waals surface area (Å²) < 4.78 is 0. The maximum absolute atomic E-state index is 4.60. The number of nitrogens with zero attached hydrogens (tertiary/aromatic N) is 1. The van der Waals surface area contributed by atoms with Gasteiger partial charge < -0.3 is 4.98 Å². The maximum Gasteiger partial charge on any atom is 0.0803 e. The molecule has 17 heavy (non-hydrogen) atoms. The van der Waals surface area contributed by atoms with Crippen LogP contribution >= 0.6 is 0 Å². The molecule has 1 radical (unpaired) electrons. The molecule has 1 N–H and O–H groups in total. The van der Waals surface area contributed by atoms with Gasteiger partial charge in [-0.3, -0.25) is 0 Å². The van der Waals surface area contributed by atoms with Crippen LogP contribution < -0.4 is 0 Å². The van der Waals surface area contributed by atoms with Crippen molar-refractivity contribution in [3.8, 4) is 0 Å². The van der Waals surface area contributed by atoms with Gasteiger partial charge in [0.2, 0.25) is 0 Å². The van der Waals surface area contributed by atoms with E-state index in [9.17, 15) is 0 Å². The van der Waals surface area contributed by atoms with E-state index in [4.69, 9.17) is 0 Å². The topological polar surface area (TPSA) is 28.7 Å². The molecule has 0 fully saturated rings. The van der Waals surface area contributed by atoms with Gasteiger partial charge in [0.15, 0.2) is 0 Å². The molecule has 2 aromatic carbocycles. The van der Waals surface area contributed by atoms with Crippen molar-refractivity contribution in [3.63, 3.8) is 0 Å². The highest BCUT2D eigenvalue weighted by Gasteiger charge is 2.08. The SMILES string of the molecule is [c]1cc2[nH]cccc2c2c1nc1ccccc12. The number of fused-ring (bicyclic) bond motifs is 5. The van der Waals surface area contributed by atoms with Gasteiger partial charge in [-0.25, -0.2) is 4.98 Å². The average molecular weight is 217 g/mol. The maximum atomic E-state index is 4.60. The molecule has 0 unspecified atom stereocenters. The van der Waals surface area contributed by atoms with Gasteiger partial charge in [0.25, 0.3) is 0 Å². The van der Waals surface area contributed by atoms with E-state index < -0.39 is 0 Å². The first-order chi connectivity index (χ1) is 8.43. The summed E-state index contributed by atoms with van der Waals surface area (Å²) in [6, 6.07) is 17.6. The lowest BCUT2D eigenvalue weighted by Crippen LogP contribution is -1.78. The Morgan fingerprint density at radius 3 is 2.88 bits per heavy atom. The molecular formula is C15H9N2. The summed E-state index contributed by atoms with van der Waals surface area (Å²) >= 11 is 0. The molecule has 0 saturated heterocycles.